The highest BCUT2D eigenvalue weighted by atomic mass is 16.6. The van der Waals surface area contributed by atoms with Crippen LogP contribution in [0.3, 0.4) is 0 Å². The molecule has 2 aliphatic rings. The molecule has 0 aromatic carbocycles. The van der Waals surface area contributed by atoms with E-state index >= 15 is 0 Å². The molecular weight excluding hydrogens is 266 g/mol. The summed E-state index contributed by atoms with van der Waals surface area (Å²) in [5, 5.41) is 6.73. The van der Waals surface area contributed by atoms with Crippen molar-refractivity contribution in [3.05, 3.63) is 0 Å². The van der Waals surface area contributed by atoms with Gasteiger partial charge in [0.15, 0.2) is 0 Å². The maximum atomic E-state index is 12.0. The van der Waals surface area contributed by atoms with Crippen LogP contribution in [0, 0.1) is 5.92 Å². The third-order valence-corrected chi connectivity index (χ3v) is 4.74. The van der Waals surface area contributed by atoms with Gasteiger partial charge in [0.2, 0.25) is 0 Å². The van der Waals surface area contributed by atoms with Crippen LogP contribution < -0.4 is 16.4 Å². The van der Waals surface area contributed by atoms with E-state index in [1.54, 1.807) is 0 Å². The van der Waals surface area contributed by atoms with E-state index in [1.807, 2.05) is 20.8 Å². The molecule has 1 amide bonds. The second kappa shape index (κ2) is 6.53. The molecule has 2 fully saturated rings. The highest BCUT2D eigenvalue weighted by Gasteiger charge is 2.40. The monoisotopic (exact) mass is 297 g/mol. The van der Waals surface area contributed by atoms with E-state index in [-0.39, 0.29) is 11.6 Å². The minimum absolute atomic E-state index is 0.121. The molecule has 0 spiro atoms. The summed E-state index contributed by atoms with van der Waals surface area (Å²) in [6.07, 6.45) is 6.60. The van der Waals surface area contributed by atoms with Gasteiger partial charge < -0.3 is 21.1 Å². The van der Waals surface area contributed by atoms with Gasteiger partial charge in [0.25, 0.3) is 0 Å². The van der Waals surface area contributed by atoms with Crippen LogP contribution in [0.2, 0.25) is 0 Å². The van der Waals surface area contributed by atoms with Crippen molar-refractivity contribution in [2.45, 2.75) is 76.5 Å². The number of carbonyl (C=O) groups excluding carboxylic acids is 1. The quantitative estimate of drug-likeness (QED) is 0.727. The normalized spacial score (nSPS) is 28.0. The van der Waals surface area contributed by atoms with Gasteiger partial charge in [0.1, 0.15) is 5.60 Å². The minimum atomic E-state index is -0.446. The third-order valence-electron chi connectivity index (χ3n) is 4.74. The number of nitrogens with two attached hydrogens (primary N) is 1. The van der Waals surface area contributed by atoms with Crippen molar-refractivity contribution in [1.82, 2.24) is 10.6 Å². The number of alkyl carbamates (subject to hydrolysis) is 1. The van der Waals surface area contributed by atoms with Gasteiger partial charge in [0, 0.05) is 12.6 Å². The zero-order valence-electron chi connectivity index (χ0n) is 13.7. The van der Waals surface area contributed by atoms with Crippen LogP contribution in [0.25, 0.3) is 0 Å². The predicted octanol–water partition coefficient (Wildman–Crippen LogP) is 2.15. The molecule has 2 atom stereocenters. The zero-order valence-corrected chi connectivity index (χ0v) is 13.7. The van der Waals surface area contributed by atoms with Crippen molar-refractivity contribution in [3.8, 4) is 0 Å². The molecule has 0 bridgehead atoms. The van der Waals surface area contributed by atoms with E-state index in [4.69, 9.17) is 10.5 Å². The molecule has 0 aromatic heterocycles. The number of rotatable bonds is 5. The van der Waals surface area contributed by atoms with Crippen LogP contribution in [0.15, 0.2) is 0 Å². The average Bonchev–Trinajstić information content (AvgIpc) is 2.77. The first-order chi connectivity index (χ1) is 9.84. The second-order valence-corrected chi connectivity index (χ2v) is 7.67. The van der Waals surface area contributed by atoms with Crippen molar-refractivity contribution in [1.29, 1.82) is 0 Å². The van der Waals surface area contributed by atoms with Crippen molar-refractivity contribution >= 4 is 6.09 Å². The fraction of sp³-hybridized carbons (Fsp3) is 0.938. The van der Waals surface area contributed by atoms with Gasteiger partial charge in [-0.2, -0.15) is 0 Å². The summed E-state index contributed by atoms with van der Waals surface area (Å²) in [5.41, 5.74) is 5.26. The molecule has 0 saturated heterocycles. The van der Waals surface area contributed by atoms with E-state index < -0.39 is 5.60 Å². The number of hydrogen-bond acceptors (Lipinski definition) is 4. The first kappa shape index (κ1) is 16.6. The standard InChI is InChI=1S/C16H31N3O2/c1-15(2,3)21-14(20)19-16(8-5-9-16)11-18-13-7-4-6-12(13)10-17/h12-13,18H,4-11,17H2,1-3H3,(H,19,20). The van der Waals surface area contributed by atoms with Crippen LogP contribution in [-0.4, -0.2) is 36.4 Å². The van der Waals surface area contributed by atoms with Crippen molar-refractivity contribution in [2.75, 3.05) is 13.1 Å². The summed E-state index contributed by atoms with van der Waals surface area (Å²) < 4.78 is 5.39. The number of carbonyl (C=O) groups is 1. The fourth-order valence-corrected chi connectivity index (χ4v) is 3.38. The Morgan fingerprint density at radius 3 is 2.52 bits per heavy atom. The molecule has 0 heterocycles. The maximum absolute atomic E-state index is 12.0. The molecule has 5 heteroatoms. The minimum Gasteiger partial charge on any atom is -0.444 e. The van der Waals surface area contributed by atoms with Gasteiger partial charge >= 0.3 is 6.09 Å². The molecule has 5 nitrogen and oxygen atoms in total. The van der Waals surface area contributed by atoms with Crippen molar-refractivity contribution in [3.63, 3.8) is 0 Å². The molecule has 4 N–H and O–H groups in total. The van der Waals surface area contributed by atoms with Crippen LogP contribution >= 0.6 is 0 Å². The smallest absolute Gasteiger partial charge is 0.408 e. The highest BCUT2D eigenvalue weighted by molar-refractivity contribution is 5.69. The van der Waals surface area contributed by atoms with E-state index in [1.165, 1.54) is 25.7 Å². The number of amides is 1. The Balaban J connectivity index is 1.82. The molecule has 2 rings (SSSR count). The summed E-state index contributed by atoms with van der Waals surface area (Å²) >= 11 is 0. The van der Waals surface area contributed by atoms with Gasteiger partial charge in [-0.05, 0) is 65.3 Å². The van der Waals surface area contributed by atoms with Crippen LogP contribution in [0.1, 0.15) is 59.3 Å². The van der Waals surface area contributed by atoms with Crippen LogP contribution in [-0.2, 0) is 4.74 Å². The Bertz CT molecular complexity index is 361. The van der Waals surface area contributed by atoms with Crippen LogP contribution in [0.5, 0.6) is 0 Å². The summed E-state index contributed by atoms with van der Waals surface area (Å²) in [5.74, 6) is 0.587. The topological polar surface area (TPSA) is 76.4 Å². The highest BCUT2D eigenvalue weighted by Crippen LogP contribution is 2.33. The maximum Gasteiger partial charge on any atom is 0.408 e. The molecular formula is C16H31N3O2. The number of nitrogens with one attached hydrogen (secondary N) is 2. The third kappa shape index (κ3) is 4.58. The summed E-state index contributed by atoms with van der Waals surface area (Å²) in [6.45, 7) is 7.26. The molecule has 2 saturated carbocycles. The molecule has 0 aromatic rings. The average molecular weight is 297 g/mol. The molecule has 0 aliphatic heterocycles. The van der Waals surface area contributed by atoms with E-state index in [9.17, 15) is 4.79 Å². The first-order valence-electron chi connectivity index (χ1n) is 8.28. The van der Waals surface area contributed by atoms with Gasteiger partial charge in [-0.25, -0.2) is 4.79 Å². The lowest BCUT2D eigenvalue weighted by Crippen LogP contribution is -2.61. The van der Waals surface area contributed by atoms with Gasteiger partial charge in [-0.3, -0.25) is 0 Å². The Morgan fingerprint density at radius 1 is 1.29 bits per heavy atom. The Labute approximate surface area is 128 Å². The molecule has 0 radical (unpaired) electrons. The van der Waals surface area contributed by atoms with Gasteiger partial charge in [-0.15, -0.1) is 0 Å². The number of hydrogen-bond donors (Lipinski definition) is 3. The Morgan fingerprint density at radius 2 is 2.00 bits per heavy atom. The molecule has 21 heavy (non-hydrogen) atoms. The van der Waals surface area contributed by atoms with Gasteiger partial charge in [0.05, 0.1) is 5.54 Å². The lowest BCUT2D eigenvalue weighted by Gasteiger charge is -2.43. The summed E-state index contributed by atoms with van der Waals surface area (Å²) in [7, 11) is 0. The van der Waals surface area contributed by atoms with Crippen LogP contribution in [0.4, 0.5) is 4.79 Å². The Hall–Kier alpha value is -0.810. The van der Waals surface area contributed by atoms with E-state index in [2.05, 4.69) is 10.6 Å². The summed E-state index contributed by atoms with van der Waals surface area (Å²) in [6, 6.07) is 0.507. The first-order valence-corrected chi connectivity index (χ1v) is 8.28. The van der Waals surface area contributed by atoms with Gasteiger partial charge in [-0.1, -0.05) is 6.42 Å². The lowest BCUT2D eigenvalue weighted by molar-refractivity contribution is 0.0377. The predicted molar refractivity (Wildman–Crippen MR) is 84.1 cm³/mol. The SMILES string of the molecule is CC(C)(C)OC(=O)NC1(CNC2CCCC2CN)CCC1. The second-order valence-electron chi connectivity index (χ2n) is 7.67. The zero-order chi connectivity index (χ0) is 15.5. The number of ether oxygens (including phenoxy) is 1. The van der Waals surface area contributed by atoms with Crippen molar-refractivity contribution in [2.24, 2.45) is 11.7 Å². The van der Waals surface area contributed by atoms with Crippen molar-refractivity contribution < 1.29 is 9.53 Å². The lowest BCUT2D eigenvalue weighted by atomic mass is 9.76. The largest absolute Gasteiger partial charge is 0.444 e. The Kier molecular flexibility index (Phi) is 5.15. The van der Waals surface area contributed by atoms with E-state index in [0.717, 1.165) is 25.9 Å². The van der Waals surface area contributed by atoms with E-state index in [0.29, 0.717) is 12.0 Å². The molecule has 122 valence electrons. The molecule has 2 unspecified atom stereocenters. The molecule has 2 aliphatic carbocycles. The summed E-state index contributed by atoms with van der Waals surface area (Å²) in [4.78, 5) is 12.0. The fourth-order valence-electron chi connectivity index (χ4n) is 3.38.